The normalized spacial score (nSPS) is 10.6. The highest BCUT2D eigenvalue weighted by Gasteiger charge is 2.13. The maximum absolute atomic E-state index is 12.4. The van der Waals surface area contributed by atoms with Gasteiger partial charge in [0.2, 0.25) is 0 Å². The van der Waals surface area contributed by atoms with Crippen molar-refractivity contribution in [3.63, 3.8) is 0 Å². The maximum atomic E-state index is 12.4. The third kappa shape index (κ3) is 4.64. The van der Waals surface area contributed by atoms with Crippen LogP contribution in [0.1, 0.15) is 21.7 Å². The minimum Gasteiger partial charge on any atom is -0.452 e. The SMILES string of the molecule is Cc1ccc(C)n1-c1cccc(C(=O)OCC(=O)Nc2ccc(Br)c(Cl)c2)c1. The van der Waals surface area contributed by atoms with Crippen LogP contribution in [0, 0.1) is 13.8 Å². The first-order valence-corrected chi connectivity index (χ1v) is 9.69. The topological polar surface area (TPSA) is 60.3 Å². The van der Waals surface area contributed by atoms with Crippen LogP contribution in [0.2, 0.25) is 5.02 Å². The summed E-state index contributed by atoms with van der Waals surface area (Å²) in [6, 6.07) is 16.2. The molecule has 2 aromatic carbocycles. The fourth-order valence-electron chi connectivity index (χ4n) is 2.83. The van der Waals surface area contributed by atoms with Crippen LogP contribution < -0.4 is 5.32 Å². The molecule has 0 saturated carbocycles. The lowest BCUT2D eigenvalue weighted by Gasteiger charge is -2.11. The van der Waals surface area contributed by atoms with Crippen LogP contribution in [0.15, 0.2) is 59.1 Å². The monoisotopic (exact) mass is 460 g/mol. The molecule has 0 saturated heterocycles. The van der Waals surface area contributed by atoms with Crippen LogP contribution in [0.25, 0.3) is 5.69 Å². The van der Waals surface area contributed by atoms with Crippen LogP contribution in [0.3, 0.4) is 0 Å². The van der Waals surface area contributed by atoms with Gasteiger partial charge in [0.25, 0.3) is 5.91 Å². The number of hydrogen-bond donors (Lipinski definition) is 1. The fraction of sp³-hybridized carbons (Fsp3) is 0.143. The van der Waals surface area contributed by atoms with Gasteiger partial charge in [-0.15, -0.1) is 0 Å². The molecular formula is C21H18BrClN2O3. The molecule has 0 atom stereocenters. The summed E-state index contributed by atoms with van der Waals surface area (Å²) in [7, 11) is 0. The quantitative estimate of drug-likeness (QED) is 0.524. The Balaban J connectivity index is 1.64. The number of esters is 1. The van der Waals surface area contributed by atoms with Crippen molar-refractivity contribution < 1.29 is 14.3 Å². The van der Waals surface area contributed by atoms with Gasteiger partial charge < -0.3 is 14.6 Å². The summed E-state index contributed by atoms with van der Waals surface area (Å²) in [4.78, 5) is 24.4. The summed E-state index contributed by atoms with van der Waals surface area (Å²) in [5.74, 6) is -1.01. The van der Waals surface area contributed by atoms with E-state index in [0.29, 0.717) is 16.3 Å². The zero-order valence-electron chi connectivity index (χ0n) is 15.3. The number of nitrogens with one attached hydrogen (secondary N) is 1. The predicted octanol–water partition coefficient (Wildman–Crippen LogP) is 5.31. The van der Waals surface area contributed by atoms with Gasteiger partial charge in [-0.1, -0.05) is 17.7 Å². The Kier molecular flexibility index (Phi) is 6.21. The zero-order valence-corrected chi connectivity index (χ0v) is 17.7. The van der Waals surface area contributed by atoms with Crippen molar-refractivity contribution >= 4 is 45.1 Å². The molecule has 144 valence electrons. The van der Waals surface area contributed by atoms with E-state index in [4.69, 9.17) is 16.3 Å². The van der Waals surface area contributed by atoms with Crippen LogP contribution in [-0.4, -0.2) is 23.1 Å². The van der Waals surface area contributed by atoms with Crippen molar-refractivity contribution in [1.82, 2.24) is 4.57 Å². The van der Waals surface area contributed by atoms with Crippen molar-refractivity contribution in [2.24, 2.45) is 0 Å². The molecule has 3 rings (SSSR count). The summed E-state index contributed by atoms with van der Waals surface area (Å²) in [6.45, 7) is 3.60. The van der Waals surface area contributed by atoms with Gasteiger partial charge in [0.1, 0.15) is 0 Å². The van der Waals surface area contributed by atoms with E-state index in [0.717, 1.165) is 21.5 Å². The molecule has 0 aliphatic heterocycles. The van der Waals surface area contributed by atoms with E-state index in [1.165, 1.54) is 0 Å². The molecule has 0 aliphatic carbocycles. The van der Waals surface area contributed by atoms with Crippen LogP contribution >= 0.6 is 27.5 Å². The van der Waals surface area contributed by atoms with Crippen molar-refractivity contribution in [2.75, 3.05) is 11.9 Å². The van der Waals surface area contributed by atoms with Gasteiger partial charge in [0.05, 0.1) is 10.6 Å². The Labute approximate surface area is 176 Å². The van der Waals surface area contributed by atoms with E-state index in [9.17, 15) is 9.59 Å². The number of carbonyl (C=O) groups excluding carboxylic acids is 2. The summed E-state index contributed by atoms with van der Waals surface area (Å²) in [5, 5.41) is 3.11. The van der Waals surface area contributed by atoms with E-state index in [2.05, 4.69) is 21.2 Å². The zero-order chi connectivity index (χ0) is 20.3. The number of rotatable bonds is 5. The summed E-state index contributed by atoms with van der Waals surface area (Å²) < 4.78 is 7.92. The fourth-order valence-corrected chi connectivity index (χ4v) is 3.26. The first kappa shape index (κ1) is 20.2. The number of aryl methyl sites for hydroxylation is 2. The van der Waals surface area contributed by atoms with Crippen molar-refractivity contribution in [3.05, 3.63) is 81.0 Å². The number of carbonyl (C=O) groups is 2. The maximum Gasteiger partial charge on any atom is 0.338 e. The third-order valence-electron chi connectivity index (χ3n) is 4.15. The van der Waals surface area contributed by atoms with Gasteiger partial charge in [0.15, 0.2) is 6.61 Å². The van der Waals surface area contributed by atoms with Gasteiger partial charge in [-0.3, -0.25) is 4.79 Å². The average Bonchev–Trinajstić information content (AvgIpc) is 3.01. The Morgan fingerprint density at radius 3 is 2.46 bits per heavy atom. The summed E-state index contributed by atoms with van der Waals surface area (Å²) >= 11 is 9.28. The van der Waals surface area contributed by atoms with Crippen molar-refractivity contribution in [2.45, 2.75) is 13.8 Å². The molecule has 1 heterocycles. The highest BCUT2D eigenvalue weighted by atomic mass is 79.9. The van der Waals surface area contributed by atoms with Gasteiger partial charge in [-0.25, -0.2) is 4.79 Å². The average molecular weight is 462 g/mol. The van der Waals surface area contributed by atoms with Gasteiger partial charge >= 0.3 is 5.97 Å². The lowest BCUT2D eigenvalue weighted by atomic mass is 10.2. The molecule has 28 heavy (non-hydrogen) atoms. The lowest BCUT2D eigenvalue weighted by molar-refractivity contribution is -0.119. The minimum absolute atomic E-state index is 0.379. The van der Waals surface area contributed by atoms with E-state index < -0.39 is 18.5 Å². The molecule has 1 N–H and O–H groups in total. The van der Waals surface area contributed by atoms with E-state index >= 15 is 0 Å². The Morgan fingerprint density at radius 2 is 1.79 bits per heavy atom. The van der Waals surface area contributed by atoms with Gasteiger partial charge in [-0.05, 0) is 78.3 Å². The van der Waals surface area contributed by atoms with Crippen LogP contribution in [-0.2, 0) is 9.53 Å². The molecule has 0 bridgehead atoms. The number of nitrogens with zero attached hydrogens (tertiary/aromatic N) is 1. The lowest BCUT2D eigenvalue weighted by Crippen LogP contribution is -2.21. The Hall–Kier alpha value is -2.57. The molecule has 0 radical (unpaired) electrons. The largest absolute Gasteiger partial charge is 0.452 e. The number of benzene rings is 2. The standard InChI is InChI=1S/C21H18BrClN2O3/c1-13-6-7-14(2)25(13)17-5-3-4-15(10-17)21(27)28-12-20(26)24-16-8-9-18(22)19(23)11-16/h3-11H,12H2,1-2H3,(H,24,26). The van der Waals surface area contributed by atoms with Crippen LogP contribution in [0.4, 0.5) is 5.69 Å². The minimum atomic E-state index is -0.562. The summed E-state index contributed by atoms with van der Waals surface area (Å²) in [6.07, 6.45) is 0. The number of amides is 1. The molecule has 0 fully saturated rings. The molecule has 0 aliphatic rings. The first-order chi connectivity index (χ1) is 13.3. The van der Waals surface area contributed by atoms with Gasteiger partial charge in [0, 0.05) is 27.2 Å². The second kappa shape index (κ2) is 8.63. The Morgan fingerprint density at radius 1 is 1.07 bits per heavy atom. The second-order valence-corrected chi connectivity index (χ2v) is 7.52. The number of anilines is 1. The highest BCUT2D eigenvalue weighted by Crippen LogP contribution is 2.25. The molecule has 1 aromatic heterocycles. The second-order valence-electron chi connectivity index (χ2n) is 6.26. The molecular weight excluding hydrogens is 444 g/mol. The van der Waals surface area contributed by atoms with Crippen molar-refractivity contribution in [3.8, 4) is 5.69 Å². The Bertz CT molecular complexity index is 1030. The van der Waals surface area contributed by atoms with E-state index in [1.54, 1.807) is 36.4 Å². The van der Waals surface area contributed by atoms with E-state index in [-0.39, 0.29) is 0 Å². The highest BCUT2D eigenvalue weighted by molar-refractivity contribution is 9.10. The number of halogens is 2. The van der Waals surface area contributed by atoms with Crippen LogP contribution in [0.5, 0.6) is 0 Å². The molecule has 0 spiro atoms. The molecule has 0 unspecified atom stereocenters. The summed E-state index contributed by atoms with van der Waals surface area (Å²) in [5.41, 5.74) is 3.90. The smallest absolute Gasteiger partial charge is 0.338 e. The van der Waals surface area contributed by atoms with Crippen molar-refractivity contribution in [1.29, 1.82) is 0 Å². The number of aromatic nitrogens is 1. The van der Waals surface area contributed by atoms with E-state index in [1.807, 2.05) is 36.6 Å². The number of ether oxygens (including phenoxy) is 1. The molecule has 3 aromatic rings. The third-order valence-corrected chi connectivity index (χ3v) is 5.38. The molecule has 1 amide bonds. The first-order valence-electron chi connectivity index (χ1n) is 8.52. The molecule has 7 heteroatoms. The predicted molar refractivity (Wildman–Crippen MR) is 113 cm³/mol. The van der Waals surface area contributed by atoms with Gasteiger partial charge in [-0.2, -0.15) is 0 Å². The number of hydrogen-bond acceptors (Lipinski definition) is 3. The molecule has 5 nitrogen and oxygen atoms in total.